The van der Waals surface area contributed by atoms with Crippen molar-refractivity contribution < 1.29 is 23.4 Å². The van der Waals surface area contributed by atoms with Crippen LogP contribution in [0.4, 0.5) is 25.0 Å². The number of halogens is 2. The van der Waals surface area contributed by atoms with Crippen LogP contribution < -0.4 is 26.5 Å². The van der Waals surface area contributed by atoms with E-state index in [1.807, 2.05) is 0 Å². The van der Waals surface area contributed by atoms with Gasteiger partial charge in [0.2, 0.25) is 5.43 Å². The monoisotopic (exact) mass is 380 g/mol. The fourth-order valence-corrected chi connectivity index (χ4v) is 3.52. The zero-order valence-corrected chi connectivity index (χ0v) is 14.4. The Balaban J connectivity index is 2.05. The average Bonchev–Trinajstić information content (AvgIpc) is 3.45. The molecule has 10 heteroatoms. The zero-order valence-electron chi connectivity index (χ0n) is 14.4. The molecule has 2 atom stereocenters. The van der Waals surface area contributed by atoms with Gasteiger partial charge < -0.3 is 30.8 Å². The van der Waals surface area contributed by atoms with Crippen molar-refractivity contribution in [1.82, 2.24) is 4.57 Å². The highest BCUT2D eigenvalue weighted by Crippen LogP contribution is 2.43. The molecule has 8 nitrogen and oxygen atoms in total. The second-order valence-electron chi connectivity index (χ2n) is 7.00. The number of aromatic nitrogens is 1. The summed E-state index contributed by atoms with van der Waals surface area (Å²) in [5.41, 5.74) is 9.71. The summed E-state index contributed by atoms with van der Waals surface area (Å²) in [6, 6.07) is -0.660. The molecule has 0 unspecified atom stereocenters. The quantitative estimate of drug-likeness (QED) is 0.548. The topological polar surface area (TPSA) is 124 Å². The second-order valence-corrected chi connectivity index (χ2v) is 7.00. The number of hydrogen-bond acceptors (Lipinski definition) is 6. The lowest BCUT2D eigenvalue weighted by molar-refractivity contribution is 0.143. The first-order valence-electron chi connectivity index (χ1n) is 8.50. The van der Waals surface area contributed by atoms with Gasteiger partial charge in [0.25, 0.3) is 0 Å². The van der Waals surface area contributed by atoms with Gasteiger partial charge in [-0.3, -0.25) is 4.79 Å². The third-order valence-electron chi connectivity index (χ3n) is 5.28. The highest BCUT2D eigenvalue weighted by atomic mass is 19.1. The molecule has 2 fully saturated rings. The van der Waals surface area contributed by atoms with Gasteiger partial charge in [-0.1, -0.05) is 0 Å². The maximum Gasteiger partial charge on any atom is 0.511 e. The molecule has 1 aromatic heterocycles. The smallest absolute Gasteiger partial charge is 0.449 e. The fraction of sp³-hybridized carbons (Fsp3) is 0.412. The van der Waals surface area contributed by atoms with Crippen LogP contribution in [-0.4, -0.2) is 34.5 Å². The van der Waals surface area contributed by atoms with Crippen molar-refractivity contribution in [1.29, 1.82) is 0 Å². The second kappa shape index (κ2) is 5.81. The molecule has 2 aliphatic rings. The van der Waals surface area contributed by atoms with E-state index in [9.17, 15) is 14.0 Å². The van der Waals surface area contributed by atoms with Gasteiger partial charge in [-0.15, -0.1) is 0 Å². The lowest BCUT2D eigenvalue weighted by Gasteiger charge is -2.46. The lowest BCUT2D eigenvalue weighted by Crippen LogP contribution is -2.63. The van der Waals surface area contributed by atoms with Crippen molar-refractivity contribution in [2.45, 2.75) is 37.9 Å². The van der Waals surface area contributed by atoms with E-state index in [4.69, 9.17) is 16.6 Å². The van der Waals surface area contributed by atoms with E-state index in [0.29, 0.717) is 12.8 Å². The SMILES string of the molecule is C[C@@H]1[C@@H](N)CN1c1c(F)c(N)c2c(=O)c(OC(=O)O)cn(C3CC3)c2c1F. The third-order valence-corrected chi connectivity index (χ3v) is 5.28. The maximum atomic E-state index is 15.4. The first-order chi connectivity index (χ1) is 12.7. The number of nitrogens with two attached hydrogens (primary N) is 2. The molecule has 1 aliphatic carbocycles. The van der Waals surface area contributed by atoms with Crippen LogP contribution in [0, 0.1) is 11.6 Å². The van der Waals surface area contributed by atoms with Gasteiger partial charge in [0, 0.05) is 24.7 Å². The van der Waals surface area contributed by atoms with Crippen molar-refractivity contribution in [3.05, 3.63) is 28.1 Å². The van der Waals surface area contributed by atoms with Crippen LogP contribution in [0.3, 0.4) is 0 Å². The van der Waals surface area contributed by atoms with E-state index in [1.54, 1.807) is 6.92 Å². The van der Waals surface area contributed by atoms with Gasteiger partial charge >= 0.3 is 6.16 Å². The Bertz CT molecular complexity index is 1030. The van der Waals surface area contributed by atoms with Gasteiger partial charge in [-0.25, -0.2) is 13.6 Å². The number of pyridine rings is 1. The minimum atomic E-state index is -1.70. The molecule has 0 bridgehead atoms. The molecule has 144 valence electrons. The molecule has 4 rings (SSSR count). The van der Waals surface area contributed by atoms with Crippen LogP contribution >= 0.6 is 0 Å². The van der Waals surface area contributed by atoms with E-state index >= 15 is 4.39 Å². The van der Waals surface area contributed by atoms with Crippen molar-refractivity contribution in [3.63, 3.8) is 0 Å². The summed E-state index contributed by atoms with van der Waals surface area (Å²) in [5.74, 6) is -2.52. The van der Waals surface area contributed by atoms with Gasteiger partial charge in [0.15, 0.2) is 17.4 Å². The van der Waals surface area contributed by atoms with E-state index in [1.165, 1.54) is 9.47 Å². The van der Waals surface area contributed by atoms with Crippen LogP contribution in [0.2, 0.25) is 0 Å². The summed E-state index contributed by atoms with van der Waals surface area (Å²) >= 11 is 0. The van der Waals surface area contributed by atoms with Crippen molar-refractivity contribution in [2.24, 2.45) is 5.73 Å². The van der Waals surface area contributed by atoms with Crippen molar-refractivity contribution in [3.8, 4) is 5.75 Å². The standard InChI is InChI=1S/C17H18F2N4O4/c1-6-8(20)4-22(6)15-11(18)13(21)10-14(12(15)19)23(7-2-3-7)5-9(16(10)24)27-17(25)26/h5-8H,2-4,20-21H2,1H3,(H,25,26)/t6-,8+/m1/s1. The Morgan fingerprint density at radius 3 is 2.52 bits per heavy atom. The number of nitrogens with zero attached hydrogens (tertiary/aromatic N) is 2. The molecule has 2 aromatic rings. The van der Waals surface area contributed by atoms with Crippen LogP contribution in [0.25, 0.3) is 10.9 Å². The molecule has 1 aromatic carbocycles. The molecule has 0 amide bonds. The summed E-state index contributed by atoms with van der Waals surface area (Å²) in [4.78, 5) is 24.9. The summed E-state index contributed by atoms with van der Waals surface area (Å²) in [6.07, 6.45) is 0.864. The highest BCUT2D eigenvalue weighted by Gasteiger charge is 2.39. The molecule has 1 saturated carbocycles. The van der Waals surface area contributed by atoms with E-state index in [-0.39, 0.29) is 35.9 Å². The number of fused-ring (bicyclic) bond motifs is 1. The number of ether oxygens (including phenoxy) is 1. The van der Waals surface area contributed by atoms with Gasteiger partial charge in [0.05, 0.1) is 22.8 Å². The molecule has 2 heterocycles. The summed E-state index contributed by atoms with van der Waals surface area (Å²) < 4.78 is 36.3. The molecule has 5 N–H and O–H groups in total. The molecule has 0 spiro atoms. The van der Waals surface area contributed by atoms with E-state index in [2.05, 4.69) is 4.74 Å². The number of benzene rings is 1. The summed E-state index contributed by atoms with van der Waals surface area (Å²) in [7, 11) is 0. The molecular weight excluding hydrogens is 362 g/mol. The zero-order chi connectivity index (χ0) is 19.6. The average molecular weight is 380 g/mol. The third kappa shape index (κ3) is 2.51. The molecular formula is C17H18F2N4O4. The lowest BCUT2D eigenvalue weighted by atomic mass is 9.96. The first-order valence-corrected chi connectivity index (χ1v) is 8.50. The van der Waals surface area contributed by atoms with Crippen molar-refractivity contribution in [2.75, 3.05) is 17.2 Å². The Kier molecular flexibility index (Phi) is 3.77. The number of anilines is 2. The van der Waals surface area contributed by atoms with Crippen LogP contribution in [0.1, 0.15) is 25.8 Å². The minimum absolute atomic E-state index is 0.146. The maximum absolute atomic E-state index is 15.4. The normalized spacial score (nSPS) is 22.0. The largest absolute Gasteiger partial charge is 0.511 e. The van der Waals surface area contributed by atoms with Crippen LogP contribution in [0.15, 0.2) is 11.0 Å². The number of rotatable bonds is 3. The van der Waals surface area contributed by atoms with E-state index in [0.717, 1.165) is 6.20 Å². The predicted octanol–water partition coefficient (Wildman–Crippen LogP) is 1.79. The summed E-state index contributed by atoms with van der Waals surface area (Å²) in [6.45, 7) is 2.00. The van der Waals surface area contributed by atoms with Crippen LogP contribution in [-0.2, 0) is 0 Å². The molecule has 1 saturated heterocycles. The Hall–Kier alpha value is -2.88. The van der Waals surface area contributed by atoms with Crippen LogP contribution in [0.5, 0.6) is 5.75 Å². The summed E-state index contributed by atoms with van der Waals surface area (Å²) in [5, 5.41) is 8.41. The van der Waals surface area contributed by atoms with Gasteiger partial charge in [-0.05, 0) is 19.8 Å². The molecule has 0 radical (unpaired) electrons. The fourth-order valence-electron chi connectivity index (χ4n) is 3.52. The minimum Gasteiger partial charge on any atom is -0.449 e. The van der Waals surface area contributed by atoms with Gasteiger partial charge in [0.1, 0.15) is 5.69 Å². The molecule has 1 aliphatic heterocycles. The Labute approximate surface area is 151 Å². The Morgan fingerprint density at radius 1 is 1.33 bits per heavy atom. The number of carbonyl (C=O) groups is 1. The highest BCUT2D eigenvalue weighted by molar-refractivity contribution is 5.96. The van der Waals surface area contributed by atoms with Gasteiger partial charge in [-0.2, -0.15) is 0 Å². The first kappa shape index (κ1) is 17.5. The number of nitrogen functional groups attached to an aromatic ring is 1. The van der Waals surface area contributed by atoms with Crippen molar-refractivity contribution >= 4 is 28.4 Å². The number of carboxylic acid groups (broad SMARTS) is 1. The number of hydrogen-bond donors (Lipinski definition) is 3. The predicted molar refractivity (Wildman–Crippen MR) is 94.2 cm³/mol. The Morgan fingerprint density at radius 2 is 2.00 bits per heavy atom. The van der Waals surface area contributed by atoms with E-state index < -0.39 is 40.0 Å². The molecule has 27 heavy (non-hydrogen) atoms.